The second-order valence-electron chi connectivity index (χ2n) is 4.96. The van der Waals surface area contributed by atoms with Gasteiger partial charge >= 0.3 is 0 Å². The molecule has 1 aromatic carbocycles. The summed E-state index contributed by atoms with van der Waals surface area (Å²) in [6.07, 6.45) is 2.06. The minimum Gasteiger partial charge on any atom is -0.317 e. The van der Waals surface area contributed by atoms with Crippen LogP contribution in [0.3, 0.4) is 0 Å². The SMILES string of the molecule is Cc1ccc(Br)cc1S(=O)(=O)NCC1CCNCC1. The summed E-state index contributed by atoms with van der Waals surface area (Å²) in [5.41, 5.74) is 0.765. The molecule has 1 aromatic rings. The zero-order valence-electron chi connectivity index (χ0n) is 10.9. The van der Waals surface area contributed by atoms with E-state index in [1.54, 1.807) is 6.07 Å². The third-order valence-electron chi connectivity index (χ3n) is 3.46. The van der Waals surface area contributed by atoms with Gasteiger partial charge in [-0.25, -0.2) is 13.1 Å². The first kappa shape index (κ1) is 15.0. The lowest BCUT2D eigenvalue weighted by Crippen LogP contribution is -2.36. The van der Waals surface area contributed by atoms with Crippen molar-refractivity contribution in [2.75, 3.05) is 19.6 Å². The standard InChI is InChI=1S/C13H19BrN2O2S/c1-10-2-3-12(14)8-13(10)19(17,18)16-9-11-4-6-15-7-5-11/h2-3,8,11,15-16H,4-7,9H2,1H3. The van der Waals surface area contributed by atoms with Crippen molar-refractivity contribution in [1.29, 1.82) is 0 Å². The summed E-state index contributed by atoms with van der Waals surface area (Å²) in [7, 11) is -3.41. The van der Waals surface area contributed by atoms with Crippen molar-refractivity contribution < 1.29 is 8.42 Å². The van der Waals surface area contributed by atoms with Gasteiger partial charge in [0.25, 0.3) is 0 Å². The van der Waals surface area contributed by atoms with Gasteiger partial charge in [-0.3, -0.25) is 0 Å². The molecule has 4 nitrogen and oxygen atoms in total. The maximum absolute atomic E-state index is 12.3. The fourth-order valence-electron chi connectivity index (χ4n) is 2.25. The molecule has 1 aliphatic rings. The summed E-state index contributed by atoms with van der Waals surface area (Å²) >= 11 is 3.32. The average molecular weight is 347 g/mol. The van der Waals surface area contributed by atoms with Gasteiger partial charge in [0.15, 0.2) is 0 Å². The van der Waals surface area contributed by atoms with E-state index in [0.717, 1.165) is 36.0 Å². The van der Waals surface area contributed by atoms with Gasteiger partial charge in [-0.1, -0.05) is 22.0 Å². The largest absolute Gasteiger partial charge is 0.317 e. The lowest BCUT2D eigenvalue weighted by molar-refractivity contribution is 0.372. The molecule has 1 heterocycles. The lowest BCUT2D eigenvalue weighted by atomic mass is 9.99. The summed E-state index contributed by atoms with van der Waals surface area (Å²) < 4.78 is 28.1. The Kier molecular flexibility index (Phi) is 5.00. The van der Waals surface area contributed by atoms with E-state index in [-0.39, 0.29) is 0 Å². The van der Waals surface area contributed by atoms with Gasteiger partial charge in [-0.05, 0) is 56.5 Å². The number of rotatable bonds is 4. The molecule has 1 aliphatic heterocycles. The molecule has 1 saturated heterocycles. The molecule has 0 aliphatic carbocycles. The van der Waals surface area contributed by atoms with Crippen molar-refractivity contribution >= 4 is 26.0 Å². The normalized spacial score (nSPS) is 17.6. The van der Waals surface area contributed by atoms with Crippen LogP contribution in [-0.2, 0) is 10.0 Å². The summed E-state index contributed by atoms with van der Waals surface area (Å²) in [4.78, 5) is 0.357. The first-order valence-electron chi connectivity index (χ1n) is 6.45. The van der Waals surface area contributed by atoms with Crippen molar-refractivity contribution in [3.8, 4) is 0 Å². The van der Waals surface area contributed by atoms with Crippen LogP contribution in [0.25, 0.3) is 0 Å². The second-order valence-corrected chi connectivity index (χ2v) is 7.61. The predicted molar refractivity (Wildman–Crippen MR) is 79.7 cm³/mol. The Labute approximate surface area is 123 Å². The van der Waals surface area contributed by atoms with E-state index in [1.165, 1.54) is 0 Å². The van der Waals surface area contributed by atoms with Crippen LogP contribution in [0, 0.1) is 12.8 Å². The predicted octanol–water partition coefficient (Wildman–Crippen LogP) is 2.04. The Morgan fingerprint density at radius 1 is 1.37 bits per heavy atom. The summed E-state index contributed by atoms with van der Waals surface area (Å²) in [5, 5.41) is 3.28. The van der Waals surface area contributed by atoms with Crippen molar-refractivity contribution in [3.63, 3.8) is 0 Å². The number of piperidine rings is 1. The number of hydrogen-bond donors (Lipinski definition) is 2. The molecule has 0 spiro atoms. The minimum atomic E-state index is -3.41. The van der Waals surface area contributed by atoms with Crippen molar-refractivity contribution in [3.05, 3.63) is 28.2 Å². The Bertz CT molecular complexity index is 540. The van der Waals surface area contributed by atoms with Crippen LogP contribution in [0.2, 0.25) is 0 Å². The van der Waals surface area contributed by atoms with Crippen LogP contribution in [-0.4, -0.2) is 28.1 Å². The van der Waals surface area contributed by atoms with Crippen LogP contribution in [0.4, 0.5) is 0 Å². The van der Waals surface area contributed by atoms with Crippen molar-refractivity contribution in [2.45, 2.75) is 24.7 Å². The zero-order valence-corrected chi connectivity index (χ0v) is 13.4. The maximum Gasteiger partial charge on any atom is 0.240 e. The lowest BCUT2D eigenvalue weighted by Gasteiger charge is -2.22. The van der Waals surface area contributed by atoms with Gasteiger partial charge in [0.1, 0.15) is 0 Å². The average Bonchev–Trinajstić information content (AvgIpc) is 2.40. The maximum atomic E-state index is 12.3. The van der Waals surface area contributed by atoms with E-state index >= 15 is 0 Å². The zero-order chi connectivity index (χ0) is 13.9. The third kappa shape index (κ3) is 4.02. The molecule has 0 aromatic heterocycles. The molecule has 6 heteroatoms. The number of aryl methyl sites for hydroxylation is 1. The van der Waals surface area contributed by atoms with Gasteiger partial charge in [0, 0.05) is 11.0 Å². The highest BCUT2D eigenvalue weighted by molar-refractivity contribution is 9.10. The van der Waals surface area contributed by atoms with Crippen molar-refractivity contribution in [1.82, 2.24) is 10.0 Å². The molecule has 0 atom stereocenters. The third-order valence-corrected chi connectivity index (χ3v) is 5.52. The summed E-state index contributed by atoms with van der Waals surface area (Å²) in [6.45, 7) is 4.28. The first-order chi connectivity index (χ1) is 8.99. The van der Waals surface area contributed by atoms with Crippen LogP contribution in [0.5, 0.6) is 0 Å². The monoisotopic (exact) mass is 346 g/mol. The molecule has 0 radical (unpaired) electrons. The molecule has 0 unspecified atom stereocenters. The topological polar surface area (TPSA) is 58.2 Å². The van der Waals surface area contributed by atoms with Gasteiger partial charge in [-0.2, -0.15) is 0 Å². The van der Waals surface area contributed by atoms with Crippen LogP contribution in [0.15, 0.2) is 27.6 Å². The number of halogens is 1. The highest BCUT2D eigenvalue weighted by Crippen LogP contribution is 2.21. The molecule has 106 valence electrons. The molecule has 0 amide bonds. The highest BCUT2D eigenvalue weighted by atomic mass is 79.9. The van der Waals surface area contributed by atoms with E-state index in [0.29, 0.717) is 17.4 Å². The van der Waals surface area contributed by atoms with Gasteiger partial charge < -0.3 is 5.32 Å². The van der Waals surface area contributed by atoms with Crippen molar-refractivity contribution in [2.24, 2.45) is 5.92 Å². The Morgan fingerprint density at radius 3 is 2.74 bits per heavy atom. The van der Waals surface area contributed by atoms with E-state index in [2.05, 4.69) is 26.0 Å². The second kappa shape index (κ2) is 6.35. The minimum absolute atomic E-state index is 0.357. The molecular formula is C13H19BrN2O2S. The first-order valence-corrected chi connectivity index (χ1v) is 8.73. The molecule has 1 fully saturated rings. The van der Waals surface area contributed by atoms with E-state index in [1.807, 2.05) is 19.1 Å². The molecule has 2 N–H and O–H groups in total. The van der Waals surface area contributed by atoms with Crippen LogP contribution >= 0.6 is 15.9 Å². The smallest absolute Gasteiger partial charge is 0.240 e. The fourth-order valence-corrected chi connectivity index (χ4v) is 4.15. The van der Waals surface area contributed by atoms with Crippen LogP contribution < -0.4 is 10.0 Å². The van der Waals surface area contributed by atoms with Gasteiger partial charge in [0.05, 0.1) is 4.90 Å². The molecular weight excluding hydrogens is 328 g/mol. The van der Waals surface area contributed by atoms with E-state index in [9.17, 15) is 8.42 Å². The summed E-state index contributed by atoms with van der Waals surface area (Å²) in [5.74, 6) is 0.434. The molecule has 0 bridgehead atoms. The fraction of sp³-hybridized carbons (Fsp3) is 0.538. The van der Waals surface area contributed by atoms with E-state index in [4.69, 9.17) is 0 Å². The molecule has 0 saturated carbocycles. The highest BCUT2D eigenvalue weighted by Gasteiger charge is 2.20. The Balaban J connectivity index is 2.07. The number of sulfonamides is 1. The van der Waals surface area contributed by atoms with Gasteiger partial charge in [-0.15, -0.1) is 0 Å². The van der Waals surface area contributed by atoms with Gasteiger partial charge in [0.2, 0.25) is 10.0 Å². The number of hydrogen-bond acceptors (Lipinski definition) is 3. The number of benzene rings is 1. The molecule has 19 heavy (non-hydrogen) atoms. The Morgan fingerprint density at radius 2 is 2.05 bits per heavy atom. The summed E-state index contributed by atoms with van der Waals surface area (Å²) in [6, 6.07) is 5.31. The number of nitrogens with one attached hydrogen (secondary N) is 2. The van der Waals surface area contributed by atoms with E-state index < -0.39 is 10.0 Å². The quantitative estimate of drug-likeness (QED) is 0.876. The molecule has 2 rings (SSSR count). The Hall–Kier alpha value is -0.430. The van der Waals surface area contributed by atoms with Crippen LogP contribution in [0.1, 0.15) is 18.4 Å².